The fourth-order valence-corrected chi connectivity index (χ4v) is 4.26. The van der Waals surface area contributed by atoms with Gasteiger partial charge in [0.1, 0.15) is 12.8 Å². The van der Waals surface area contributed by atoms with E-state index in [0.717, 1.165) is 51.9 Å². The van der Waals surface area contributed by atoms with Gasteiger partial charge in [-0.1, -0.05) is 31.0 Å². The predicted molar refractivity (Wildman–Crippen MR) is 114 cm³/mol. The molecule has 2 aliphatic rings. The van der Waals surface area contributed by atoms with Crippen LogP contribution in [0, 0.1) is 0 Å². The Hall–Kier alpha value is -2.80. The van der Waals surface area contributed by atoms with Crippen LogP contribution in [-0.4, -0.2) is 44.7 Å². The standard InChI is InChI=1S/C23H29N3O4/c27-21-14-20(15-25-10-12-26(13-11-25)19-8-2-1-3-9-19)29-16-22(21)30-17-23(28)24-18-6-4-5-7-18/h1-3,8-9,14,16,18H,4-7,10-13,15,17H2,(H,24,28)/p+1. The van der Waals surface area contributed by atoms with Crippen molar-refractivity contribution in [1.82, 2.24) is 5.32 Å². The normalized spacial score (nSPS) is 17.8. The largest absolute Gasteiger partial charge is 0.477 e. The average molecular weight is 413 g/mol. The topological polar surface area (TPSA) is 76.2 Å². The summed E-state index contributed by atoms with van der Waals surface area (Å²) in [6.07, 6.45) is 5.68. The molecule has 1 aliphatic carbocycles. The van der Waals surface area contributed by atoms with Crippen molar-refractivity contribution in [3.63, 3.8) is 0 Å². The summed E-state index contributed by atoms with van der Waals surface area (Å²) in [5, 5.41) is 2.95. The van der Waals surface area contributed by atoms with Crippen LogP contribution < -0.4 is 25.3 Å². The van der Waals surface area contributed by atoms with Gasteiger partial charge in [0, 0.05) is 17.8 Å². The third-order valence-corrected chi connectivity index (χ3v) is 5.95. The summed E-state index contributed by atoms with van der Waals surface area (Å²) < 4.78 is 11.0. The maximum atomic E-state index is 12.3. The minimum absolute atomic E-state index is 0.0872. The minimum Gasteiger partial charge on any atom is -0.477 e. The molecule has 0 radical (unpaired) electrons. The van der Waals surface area contributed by atoms with Crippen molar-refractivity contribution in [1.29, 1.82) is 0 Å². The molecule has 30 heavy (non-hydrogen) atoms. The first kappa shape index (κ1) is 20.5. The Bertz CT molecular complexity index is 885. The summed E-state index contributed by atoms with van der Waals surface area (Å²) >= 11 is 0. The van der Waals surface area contributed by atoms with Crippen molar-refractivity contribution < 1.29 is 18.8 Å². The number of nitrogens with zero attached hydrogens (tertiary/aromatic N) is 1. The van der Waals surface area contributed by atoms with Crippen LogP contribution in [0.15, 0.2) is 51.9 Å². The molecule has 1 aromatic carbocycles. The zero-order chi connectivity index (χ0) is 20.8. The third-order valence-electron chi connectivity index (χ3n) is 5.95. The van der Waals surface area contributed by atoms with Crippen LogP contribution in [0.2, 0.25) is 0 Å². The third kappa shape index (κ3) is 5.42. The summed E-state index contributed by atoms with van der Waals surface area (Å²) in [7, 11) is 0. The zero-order valence-corrected chi connectivity index (χ0v) is 17.3. The number of anilines is 1. The number of nitrogens with one attached hydrogen (secondary N) is 2. The minimum atomic E-state index is -0.243. The van der Waals surface area contributed by atoms with E-state index in [1.165, 1.54) is 22.9 Å². The molecule has 2 heterocycles. The molecule has 2 aromatic rings. The molecule has 0 spiro atoms. The first-order valence-corrected chi connectivity index (χ1v) is 10.8. The number of quaternary nitrogens is 1. The van der Waals surface area contributed by atoms with Gasteiger partial charge in [0.2, 0.25) is 11.2 Å². The van der Waals surface area contributed by atoms with Crippen molar-refractivity contribution in [3.8, 4) is 5.75 Å². The van der Waals surface area contributed by atoms with Crippen LogP contribution in [0.4, 0.5) is 5.69 Å². The first-order valence-electron chi connectivity index (χ1n) is 10.8. The van der Waals surface area contributed by atoms with E-state index in [4.69, 9.17) is 9.15 Å². The molecule has 0 bridgehead atoms. The van der Waals surface area contributed by atoms with Gasteiger partial charge in [-0.05, 0) is 25.0 Å². The second-order valence-electron chi connectivity index (χ2n) is 8.16. The summed E-state index contributed by atoms with van der Waals surface area (Å²) in [4.78, 5) is 28.1. The van der Waals surface area contributed by atoms with Gasteiger partial charge in [-0.15, -0.1) is 0 Å². The molecule has 1 saturated carbocycles. The summed E-state index contributed by atoms with van der Waals surface area (Å²) in [5.74, 6) is 0.543. The number of rotatable bonds is 7. The Morgan fingerprint density at radius 2 is 1.90 bits per heavy atom. The molecule has 160 valence electrons. The quantitative estimate of drug-likeness (QED) is 0.709. The van der Waals surface area contributed by atoms with Crippen LogP contribution in [-0.2, 0) is 11.3 Å². The molecular formula is C23H30N3O4+. The van der Waals surface area contributed by atoms with Crippen molar-refractivity contribution >= 4 is 11.6 Å². The SMILES string of the molecule is O=C(COc1coc(C[NH+]2CCN(c3ccccc3)CC2)cc1=O)NC1CCCC1. The number of hydrogen-bond acceptors (Lipinski definition) is 5. The molecule has 4 rings (SSSR count). The Morgan fingerprint density at radius 1 is 1.17 bits per heavy atom. The number of piperazine rings is 1. The lowest BCUT2D eigenvalue weighted by Crippen LogP contribution is -3.13. The van der Waals surface area contributed by atoms with Crippen molar-refractivity contribution in [2.45, 2.75) is 38.3 Å². The van der Waals surface area contributed by atoms with E-state index in [-0.39, 0.29) is 29.7 Å². The van der Waals surface area contributed by atoms with E-state index < -0.39 is 0 Å². The lowest BCUT2D eigenvalue weighted by Gasteiger charge is -2.33. The highest BCUT2D eigenvalue weighted by Crippen LogP contribution is 2.17. The van der Waals surface area contributed by atoms with Gasteiger partial charge in [-0.3, -0.25) is 9.59 Å². The lowest BCUT2D eigenvalue weighted by atomic mass is 10.2. The van der Waals surface area contributed by atoms with Crippen molar-refractivity contribution in [2.24, 2.45) is 0 Å². The zero-order valence-electron chi connectivity index (χ0n) is 17.3. The lowest BCUT2D eigenvalue weighted by molar-refractivity contribution is -0.915. The molecule has 1 aromatic heterocycles. The highest BCUT2D eigenvalue weighted by molar-refractivity contribution is 5.77. The molecule has 2 N–H and O–H groups in total. The van der Waals surface area contributed by atoms with E-state index in [1.807, 2.05) is 6.07 Å². The van der Waals surface area contributed by atoms with Crippen LogP contribution in [0.25, 0.3) is 0 Å². The average Bonchev–Trinajstić information content (AvgIpc) is 3.27. The number of carbonyl (C=O) groups is 1. The molecule has 1 saturated heterocycles. The van der Waals surface area contributed by atoms with Gasteiger partial charge in [-0.25, -0.2) is 0 Å². The Balaban J connectivity index is 1.24. The van der Waals surface area contributed by atoms with E-state index in [9.17, 15) is 9.59 Å². The monoisotopic (exact) mass is 412 g/mol. The fourth-order valence-electron chi connectivity index (χ4n) is 4.26. The fraction of sp³-hybridized carbons (Fsp3) is 0.478. The summed E-state index contributed by atoms with van der Waals surface area (Å²) in [6, 6.07) is 12.2. The summed E-state index contributed by atoms with van der Waals surface area (Å²) in [5.41, 5.74) is 1.01. The maximum absolute atomic E-state index is 12.3. The van der Waals surface area contributed by atoms with Gasteiger partial charge in [0.15, 0.2) is 12.4 Å². The van der Waals surface area contributed by atoms with Gasteiger partial charge in [0.05, 0.1) is 26.2 Å². The molecule has 0 atom stereocenters. The van der Waals surface area contributed by atoms with Gasteiger partial charge >= 0.3 is 0 Å². The Labute approximate surface area is 176 Å². The highest BCUT2D eigenvalue weighted by atomic mass is 16.5. The van der Waals surface area contributed by atoms with E-state index in [1.54, 1.807) is 0 Å². The van der Waals surface area contributed by atoms with Gasteiger partial charge in [0.25, 0.3) is 5.91 Å². The first-order chi connectivity index (χ1) is 14.7. The Kier molecular flexibility index (Phi) is 6.69. The van der Waals surface area contributed by atoms with Gasteiger partial charge < -0.3 is 24.3 Å². The van der Waals surface area contributed by atoms with Crippen molar-refractivity contribution in [2.75, 3.05) is 37.7 Å². The molecule has 1 amide bonds. The van der Waals surface area contributed by atoms with Gasteiger partial charge in [-0.2, -0.15) is 0 Å². The van der Waals surface area contributed by atoms with E-state index in [2.05, 4.69) is 34.5 Å². The van der Waals surface area contributed by atoms with Crippen LogP contribution in [0.5, 0.6) is 5.75 Å². The Morgan fingerprint density at radius 3 is 2.60 bits per heavy atom. The predicted octanol–water partition coefficient (Wildman–Crippen LogP) is 0.983. The van der Waals surface area contributed by atoms with Crippen LogP contribution in [0.1, 0.15) is 31.4 Å². The number of carbonyl (C=O) groups excluding carboxylic acids is 1. The smallest absolute Gasteiger partial charge is 0.258 e. The van der Waals surface area contributed by atoms with Crippen LogP contribution in [0.3, 0.4) is 0 Å². The maximum Gasteiger partial charge on any atom is 0.258 e. The molecule has 0 unspecified atom stereocenters. The molecule has 7 nitrogen and oxygen atoms in total. The number of para-hydroxylation sites is 1. The number of benzene rings is 1. The van der Waals surface area contributed by atoms with Crippen LogP contribution >= 0.6 is 0 Å². The second-order valence-corrected chi connectivity index (χ2v) is 8.16. The second kappa shape index (κ2) is 9.80. The number of hydrogen-bond donors (Lipinski definition) is 2. The molecule has 7 heteroatoms. The molecule has 2 fully saturated rings. The number of ether oxygens (including phenoxy) is 1. The summed E-state index contributed by atoms with van der Waals surface area (Å²) in [6.45, 7) is 4.42. The molecule has 1 aliphatic heterocycles. The van der Waals surface area contributed by atoms with Crippen molar-refractivity contribution in [3.05, 3.63) is 58.6 Å². The van der Waals surface area contributed by atoms with E-state index >= 15 is 0 Å². The van der Waals surface area contributed by atoms with E-state index in [0.29, 0.717) is 12.3 Å². The highest BCUT2D eigenvalue weighted by Gasteiger charge is 2.22. The molecular weight excluding hydrogens is 382 g/mol. The number of amides is 1.